The van der Waals surface area contributed by atoms with Crippen molar-refractivity contribution in [2.24, 2.45) is 0 Å². The largest absolute Gasteiger partial charge is 0.352 e. The highest BCUT2D eigenvalue weighted by molar-refractivity contribution is 7.17. The molecule has 0 radical (unpaired) electrons. The first-order chi connectivity index (χ1) is 11.5. The van der Waals surface area contributed by atoms with Gasteiger partial charge in [0.1, 0.15) is 12.1 Å². The minimum atomic E-state index is -2.78. The zero-order chi connectivity index (χ0) is 16.7. The van der Waals surface area contributed by atoms with Crippen molar-refractivity contribution < 1.29 is 13.6 Å². The smallest absolute Gasteiger partial charge is 0.262 e. The number of rotatable bonds is 2. The molecule has 2 aromatic heterocycles. The van der Waals surface area contributed by atoms with Gasteiger partial charge in [-0.15, -0.1) is 11.3 Å². The molecule has 0 spiro atoms. The zero-order valence-electron chi connectivity index (χ0n) is 12.9. The Balaban J connectivity index is 1.42. The number of nitrogens with one attached hydrogen (secondary N) is 1. The van der Waals surface area contributed by atoms with Crippen LogP contribution in [0.1, 0.15) is 6.42 Å². The molecule has 2 fully saturated rings. The van der Waals surface area contributed by atoms with E-state index in [-0.39, 0.29) is 5.91 Å². The van der Waals surface area contributed by atoms with Gasteiger partial charge in [0.2, 0.25) is 5.91 Å². The third-order valence-corrected chi connectivity index (χ3v) is 5.42. The van der Waals surface area contributed by atoms with Crippen LogP contribution in [0, 0.1) is 0 Å². The monoisotopic (exact) mass is 353 g/mol. The quantitative estimate of drug-likeness (QED) is 0.883. The van der Waals surface area contributed by atoms with Crippen LogP contribution < -0.4 is 10.2 Å². The fourth-order valence-electron chi connectivity index (χ4n) is 3.25. The Kier molecular flexibility index (Phi) is 3.84. The van der Waals surface area contributed by atoms with Gasteiger partial charge in [-0.05, 0) is 11.4 Å². The van der Waals surface area contributed by atoms with Gasteiger partial charge in [-0.3, -0.25) is 10.1 Å². The van der Waals surface area contributed by atoms with Crippen molar-refractivity contribution in [2.75, 3.05) is 37.6 Å². The van der Waals surface area contributed by atoms with E-state index in [9.17, 15) is 13.6 Å². The van der Waals surface area contributed by atoms with Gasteiger partial charge in [0.05, 0.1) is 22.8 Å². The lowest BCUT2D eigenvalue weighted by atomic mass is 10.1. The lowest BCUT2D eigenvalue weighted by molar-refractivity contribution is -0.134. The molecular formula is C15H17F2N5OS. The number of carbonyl (C=O) groups is 1. The van der Waals surface area contributed by atoms with Gasteiger partial charge in [-0.1, -0.05) is 0 Å². The van der Waals surface area contributed by atoms with Crippen LogP contribution in [0.2, 0.25) is 0 Å². The van der Waals surface area contributed by atoms with Gasteiger partial charge in [-0.25, -0.2) is 18.7 Å². The van der Waals surface area contributed by atoms with E-state index in [1.165, 1.54) is 0 Å². The molecule has 1 amide bonds. The summed E-state index contributed by atoms with van der Waals surface area (Å²) in [5, 5.41) is 4.61. The summed E-state index contributed by atoms with van der Waals surface area (Å²) < 4.78 is 27.6. The molecule has 4 rings (SSSR count). The molecule has 1 unspecified atom stereocenters. The number of fused-ring (bicyclic) bond motifs is 1. The Bertz CT molecular complexity index is 759. The Morgan fingerprint density at radius 3 is 2.79 bits per heavy atom. The number of carbonyl (C=O) groups excluding carboxylic acids is 1. The second kappa shape index (κ2) is 5.89. The number of piperazine rings is 1. The van der Waals surface area contributed by atoms with E-state index >= 15 is 0 Å². The van der Waals surface area contributed by atoms with E-state index in [0.29, 0.717) is 26.2 Å². The predicted octanol–water partition coefficient (Wildman–Crippen LogP) is 1.34. The van der Waals surface area contributed by atoms with Crippen LogP contribution in [0.4, 0.5) is 14.6 Å². The Labute approximate surface area is 141 Å². The van der Waals surface area contributed by atoms with Crippen molar-refractivity contribution in [1.29, 1.82) is 0 Å². The molecule has 2 aliphatic rings. The van der Waals surface area contributed by atoms with Gasteiger partial charge in [0, 0.05) is 32.6 Å². The maximum atomic E-state index is 13.3. The van der Waals surface area contributed by atoms with Crippen molar-refractivity contribution in [2.45, 2.75) is 18.4 Å². The third-order valence-electron chi connectivity index (χ3n) is 4.52. The summed E-state index contributed by atoms with van der Waals surface area (Å²) in [5.74, 6) is -2.13. The van der Waals surface area contributed by atoms with Crippen LogP contribution in [0.15, 0.2) is 17.8 Å². The van der Waals surface area contributed by atoms with Crippen LogP contribution >= 0.6 is 11.3 Å². The second-order valence-electron chi connectivity index (χ2n) is 6.14. The lowest BCUT2D eigenvalue weighted by Crippen LogP contribution is -2.53. The summed E-state index contributed by atoms with van der Waals surface area (Å²) >= 11 is 1.59. The molecule has 1 atom stereocenters. The van der Waals surface area contributed by atoms with E-state index in [1.54, 1.807) is 22.6 Å². The number of amides is 1. The molecule has 9 heteroatoms. The molecule has 6 nitrogen and oxygen atoms in total. The van der Waals surface area contributed by atoms with Crippen molar-refractivity contribution in [3.05, 3.63) is 17.8 Å². The highest BCUT2D eigenvalue weighted by Gasteiger charge is 2.43. The normalized spacial score (nSPS) is 23.8. The number of alkyl halides is 2. The van der Waals surface area contributed by atoms with Gasteiger partial charge in [0.25, 0.3) is 5.92 Å². The zero-order valence-corrected chi connectivity index (χ0v) is 13.7. The Hall–Kier alpha value is -1.87. The van der Waals surface area contributed by atoms with E-state index in [4.69, 9.17) is 0 Å². The minimum absolute atomic E-state index is 0.226. The molecule has 4 heterocycles. The maximum absolute atomic E-state index is 13.3. The van der Waals surface area contributed by atoms with Crippen LogP contribution in [0.5, 0.6) is 0 Å². The number of hydrogen-bond donors (Lipinski definition) is 1. The molecule has 24 heavy (non-hydrogen) atoms. The molecule has 0 aliphatic carbocycles. The van der Waals surface area contributed by atoms with Gasteiger partial charge in [-0.2, -0.15) is 0 Å². The highest BCUT2D eigenvalue weighted by Crippen LogP contribution is 2.29. The van der Waals surface area contributed by atoms with E-state index in [2.05, 4.69) is 20.2 Å². The summed E-state index contributed by atoms with van der Waals surface area (Å²) in [5.41, 5.74) is 0.917. The first-order valence-corrected chi connectivity index (χ1v) is 8.75. The molecule has 0 bridgehead atoms. The fourth-order valence-corrected chi connectivity index (χ4v) is 4.11. The molecule has 2 aromatic rings. The maximum Gasteiger partial charge on any atom is 0.262 e. The number of aromatic nitrogens is 2. The van der Waals surface area contributed by atoms with E-state index in [1.807, 2.05) is 11.4 Å². The number of halogens is 2. The van der Waals surface area contributed by atoms with E-state index in [0.717, 1.165) is 16.0 Å². The summed E-state index contributed by atoms with van der Waals surface area (Å²) in [6.07, 6.45) is 1.14. The standard InChI is InChI=1S/C15H17F2N5OS/c16-15(17)7-11(18-8-15)14(23)22-4-2-21(3-5-22)13-12-10(1-6-24-12)19-9-20-13/h1,6,9,11,18H,2-5,7-8H2. The topological polar surface area (TPSA) is 61.4 Å². The molecule has 128 valence electrons. The molecule has 0 saturated carbocycles. The number of anilines is 1. The molecule has 2 saturated heterocycles. The van der Waals surface area contributed by atoms with Crippen molar-refractivity contribution >= 4 is 33.3 Å². The van der Waals surface area contributed by atoms with Crippen LogP contribution in [0.25, 0.3) is 10.2 Å². The number of thiophene rings is 1. The average molecular weight is 353 g/mol. The molecule has 1 N–H and O–H groups in total. The van der Waals surface area contributed by atoms with Gasteiger partial charge >= 0.3 is 0 Å². The number of nitrogens with zero attached hydrogens (tertiary/aromatic N) is 4. The second-order valence-corrected chi connectivity index (χ2v) is 7.05. The van der Waals surface area contributed by atoms with Gasteiger partial charge in [0.15, 0.2) is 0 Å². The highest BCUT2D eigenvalue weighted by atomic mass is 32.1. The summed E-state index contributed by atoms with van der Waals surface area (Å²) in [4.78, 5) is 24.8. The first kappa shape index (κ1) is 15.6. The summed E-state index contributed by atoms with van der Waals surface area (Å²) in [6, 6.07) is 1.19. The summed E-state index contributed by atoms with van der Waals surface area (Å²) in [7, 11) is 0. The average Bonchev–Trinajstić information content (AvgIpc) is 3.20. The van der Waals surface area contributed by atoms with Crippen molar-refractivity contribution in [1.82, 2.24) is 20.2 Å². The van der Waals surface area contributed by atoms with Crippen molar-refractivity contribution in [3.63, 3.8) is 0 Å². The van der Waals surface area contributed by atoms with Crippen LogP contribution in [-0.2, 0) is 4.79 Å². The Morgan fingerprint density at radius 2 is 2.08 bits per heavy atom. The van der Waals surface area contributed by atoms with E-state index < -0.39 is 24.9 Å². The van der Waals surface area contributed by atoms with Gasteiger partial charge < -0.3 is 9.80 Å². The molecule has 0 aromatic carbocycles. The van der Waals surface area contributed by atoms with Crippen molar-refractivity contribution in [3.8, 4) is 0 Å². The molecule has 2 aliphatic heterocycles. The minimum Gasteiger partial charge on any atom is -0.352 e. The fraction of sp³-hybridized carbons (Fsp3) is 0.533. The van der Waals surface area contributed by atoms with Crippen LogP contribution in [-0.4, -0.2) is 65.5 Å². The SMILES string of the molecule is O=C(C1CC(F)(F)CN1)N1CCN(c2ncnc3ccsc23)CC1. The predicted molar refractivity (Wildman–Crippen MR) is 87.6 cm³/mol. The summed E-state index contributed by atoms with van der Waals surface area (Å²) in [6.45, 7) is 1.89. The van der Waals surface area contributed by atoms with Crippen LogP contribution in [0.3, 0.4) is 0 Å². The third kappa shape index (κ3) is 2.82. The number of hydrogen-bond acceptors (Lipinski definition) is 6. The Morgan fingerprint density at radius 1 is 1.29 bits per heavy atom. The lowest BCUT2D eigenvalue weighted by Gasteiger charge is -2.36. The molecular weight excluding hydrogens is 336 g/mol. The first-order valence-electron chi connectivity index (χ1n) is 7.87.